The number of benzene rings is 1. The van der Waals surface area contributed by atoms with Gasteiger partial charge in [-0.15, -0.1) is 10.2 Å². The van der Waals surface area contributed by atoms with E-state index in [0.717, 1.165) is 42.3 Å². The molecule has 24 heavy (non-hydrogen) atoms. The van der Waals surface area contributed by atoms with Gasteiger partial charge >= 0.3 is 0 Å². The quantitative estimate of drug-likeness (QED) is 0.880. The lowest BCUT2D eigenvalue weighted by atomic mass is 10.00. The molecule has 0 bridgehead atoms. The van der Waals surface area contributed by atoms with Gasteiger partial charge in [-0.1, -0.05) is 0 Å². The Morgan fingerprint density at radius 2 is 2.17 bits per heavy atom. The fourth-order valence-electron chi connectivity index (χ4n) is 3.31. The normalized spacial score (nSPS) is 15.6. The predicted octanol–water partition coefficient (Wildman–Crippen LogP) is 1.08. The summed E-state index contributed by atoms with van der Waals surface area (Å²) in [6, 6.07) is 5.40. The van der Waals surface area contributed by atoms with Crippen molar-refractivity contribution in [2.75, 3.05) is 11.9 Å². The first-order chi connectivity index (χ1) is 11.7. The second kappa shape index (κ2) is 6.07. The highest BCUT2D eigenvalue weighted by Gasteiger charge is 2.18. The van der Waals surface area contributed by atoms with E-state index in [-0.39, 0.29) is 11.8 Å². The van der Waals surface area contributed by atoms with Crippen LogP contribution in [0.1, 0.15) is 40.4 Å². The highest BCUT2D eigenvalue weighted by Crippen LogP contribution is 2.23. The van der Waals surface area contributed by atoms with E-state index in [4.69, 9.17) is 0 Å². The molecule has 0 saturated heterocycles. The van der Waals surface area contributed by atoms with E-state index in [9.17, 15) is 9.59 Å². The molecule has 0 radical (unpaired) electrons. The van der Waals surface area contributed by atoms with E-state index in [2.05, 4.69) is 25.4 Å². The molecular formula is C17H19N5O2. The van der Waals surface area contributed by atoms with Crippen LogP contribution in [0.3, 0.4) is 0 Å². The van der Waals surface area contributed by atoms with Crippen LogP contribution in [0.25, 0.3) is 0 Å². The summed E-state index contributed by atoms with van der Waals surface area (Å²) in [7, 11) is 0. The van der Waals surface area contributed by atoms with Gasteiger partial charge in [0.15, 0.2) is 0 Å². The van der Waals surface area contributed by atoms with E-state index in [1.807, 2.05) is 6.07 Å². The first-order valence-corrected chi connectivity index (χ1v) is 8.32. The van der Waals surface area contributed by atoms with Crippen LogP contribution < -0.4 is 10.6 Å². The minimum atomic E-state index is -0.101. The zero-order valence-corrected chi connectivity index (χ0v) is 13.3. The number of carbonyl (C=O) groups is 2. The minimum Gasteiger partial charge on any atom is -0.352 e. The van der Waals surface area contributed by atoms with Crippen LogP contribution in [-0.2, 0) is 30.6 Å². The highest BCUT2D eigenvalue weighted by molar-refractivity contribution is 5.97. The van der Waals surface area contributed by atoms with Crippen LogP contribution >= 0.6 is 0 Å². The summed E-state index contributed by atoms with van der Waals surface area (Å²) in [4.78, 5) is 23.7. The monoisotopic (exact) mass is 325 g/mol. The summed E-state index contributed by atoms with van der Waals surface area (Å²) in [5, 5.41) is 14.1. The molecule has 1 aromatic carbocycles. The third-order valence-corrected chi connectivity index (χ3v) is 4.58. The lowest BCUT2D eigenvalue weighted by molar-refractivity contribution is -0.116. The summed E-state index contributed by atoms with van der Waals surface area (Å²) < 4.78 is 2.15. The van der Waals surface area contributed by atoms with Gasteiger partial charge in [-0.3, -0.25) is 9.59 Å². The third kappa shape index (κ3) is 2.77. The average Bonchev–Trinajstić information content (AvgIpc) is 3.19. The molecule has 7 heteroatoms. The Morgan fingerprint density at radius 1 is 1.25 bits per heavy atom. The number of nitrogens with one attached hydrogen (secondary N) is 2. The van der Waals surface area contributed by atoms with Crippen LogP contribution in [0.4, 0.5) is 5.69 Å². The number of carbonyl (C=O) groups excluding carboxylic acids is 2. The zero-order valence-electron chi connectivity index (χ0n) is 13.3. The number of hydrogen-bond acceptors (Lipinski definition) is 4. The van der Waals surface area contributed by atoms with Crippen LogP contribution in [0.2, 0.25) is 0 Å². The van der Waals surface area contributed by atoms with Gasteiger partial charge in [0.2, 0.25) is 5.91 Å². The number of fused-ring (bicyclic) bond motifs is 2. The van der Waals surface area contributed by atoms with Crippen molar-refractivity contribution < 1.29 is 9.59 Å². The second-order valence-corrected chi connectivity index (χ2v) is 6.21. The van der Waals surface area contributed by atoms with Gasteiger partial charge in [0.25, 0.3) is 5.91 Å². The number of aryl methyl sites for hydroxylation is 2. The molecular weight excluding hydrogens is 306 g/mol. The maximum absolute atomic E-state index is 12.3. The summed E-state index contributed by atoms with van der Waals surface area (Å²) >= 11 is 0. The van der Waals surface area contributed by atoms with E-state index < -0.39 is 0 Å². The number of anilines is 1. The molecule has 2 amide bonds. The molecule has 0 aliphatic carbocycles. The zero-order chi connectivity index (χ0) is 16.5. The van der Waals surface area contributed by atoms with Gasteiger partial charge in [0.05, 0.1) is 0 Å². The van der Waals surface area contributed by atoms with Gasteiger partial charge < -0.3 is 15.2 Å². The topological polar surface area (TPSA) is 88.9 Å². The lowest BCUT2D eigenvalue weighted by Gasteiger charge is -2.17. The molecule has 2 aromatic rings. The summed E-state index contributed by atoms with van der Waals surface area (Å²) in [5.74, 6) is 1.92. The molecule has 0 fully saturated rings. The largest absolute Gasteiger partial charge is 0.352 e. The Hall–Kier alpha value is -2.70. The van der Waals surface area contributed by atoms with Crippen molar-refractivity contribution in [1.29, 1.82) is 0 Å². The first kappa shape index (κ1) is 14.9. The lowest BCUT2D eigenvalue weighted by Crippen LogP contribution is -2.27. The Balaban J connectivity index is 1.37. The van der Waals surface area contributed by atoms with Crippen molar-refractivity contribution in [1.82, 2.24) is 20.1 Å². The fourth-order valence-corrected chi connectivity index (χ4v) is 3.31. The van der Waals surface area contributed by atoms with E-state index in [1.54, 1.807) is 12.1 Å². The van der Waals surface area contributed by atoms with Gasteiger partial charge in [-0.05, 0) is 36.6 Å². The minimum absolute atomic E-state index is 0.0283. The van der Waals surface area contributed by atoms with Crippen molar-refractivity contribution in [2.45, 2.75) is 38.6 Å². The van der Waals surface area contributed by atoms with Gasteiger partial charge in [0, 0.05) is 43.6 Å². The maximum Gasteiger partial charge on any atom is 0.251 e. The SMILES string of the molecule is O=C1CCc2cc(C(=O)NCCc3nnc4n3CCC4)ccc2N1. The molecule has 2 aliphatic heterocycles. The summed E-state index contributed by atoms with van der Waals surface area (Å²) in [6.07, 6.45) is 3.94. The average molecular weight is 325 g/mol. The van der Waals surface area contributed by atoms with Gasteiger partial charge in [-0.25, -0.2) is 0 Å². The number of nitrogens with zero attached hydrogens (tertiary/aromatic N) is 3. The molecule has 2 N–H and O–H groups in total. The van der Waals surface area contributed by atoms with Crippen molar-refractivity contribution in [3.63, 3.8) is 0 Å². The first-order valence-electron chi connectivity index (χ1n) is 8.32. The molecule has 0 atom stereocenters. The Bertz CT molecular complexity index is 811. The molecule has 7 nitrogen and oxygen atoms in total. The second-order valence-electron chi connectivity index (χ2n) is 6.21. The van der Waals surface area contributed by atoms with Crippen molar-refractivity contribution in [3.05, 3.63) is 41.0 Å². The number of hydrogen-bond donors (Lipinski definition) is 2. The molecule has 0 spiro atoms. The van der Waals surface area contributed by atoms with Crippen LogP contribution in [0, 0.1) is 0 Å². The Labute approximate surface area is 139 Å². The highest BCUT2D eigenvalue weighted by atomic mass is 16.2. The number of amides is 2. The van der Waals surface area contributed by atoms with Gasteiger partial charge in [-0.2, -0.15) is 0 Å². The fraction of sp³-hybridized carbons (Fsp3) is 0.412. The summed E-state index contributed by atoms with van der Waals surface area (Å²) in [6.45, 7) is 1.51. The standard InChI is InChI=1S/C17H19N5O2/c23-16-6-4-11-10-12(3-5-13(11)19-16)17(24)18-8-7-15-21-20-14-2-1-9-22(14)15/h3,5,10H,1-2,4,6-9H2,(H,18,24)(H,19,23). The molecule has 4 rings (SSSR count). The number of aromatic nitrogens is 3. The van der Waals surface area contributed by atoms with Crippen LogP contribution in [0.5, 0.6) is 0 Å². The number of rotatable bonds is 4. The Morgan fingerprint density at radius 3 is 3.08 bits per heavy atom. The van der Waals surface area contributed by atoms with E-state index in [0.29, 0.717) is 31.4 Å². The van der Waals surface area contributed by atoms with Gasteiger partial charge in [0.1, 0.15) is 11.6 Å². The van der Waals surface area contributed by atoms with Crippen LogP contribution in [-0.4, -0.2) is 33.1 Å². The molecule has 1 aromatic heterocycles. The molecule has 2 aliphatic rings. The Kier molecular flexibility index (Phi) is 3.76. The molecule has 0 saturated carbocycles. The van der Waals surface area contributed by atoms with Crippen molar-refractivity contribution >= 4 is 17.5 Å². The molecule has 0 unspecified atom stereocenters. The van der Waals surface area contributed by atoms with Crippen molar-refractivity contribution in [2.24, 2.45) is 0 Å². The van der Waals surface area contributed by atoms with E-state index in [1.165, 1.54) is 0 Å². The summed E-state index contributed by atoms with van der Waals surface area (Å²) in [5.41, 5.74) is 2.44. The third-order valence-electron chi connectivity index (χ3n) is 4.58. The maximum atomic E-state index is 12.3. The molecule has 3 heterocycles. The van der Waals surface area contributed by atoms with E-state index >= 15 is 0 Å². The van der Waals surface area contributed by atoms with Crippen molar-refractivity contribution in [3.8, 4) is 0 Å². The predicted molar refractivity (Wildman–Crippen MR) is 87.8 cm³/mol. The molecule has 124 valence electrons. The smallest absolute Gasteiger partial charge is 0.251 e. The van der Waals surface area contributed by atoms with Crippen LogP contribution in [0.15, 0.2) is 18.2 Å².